The van der Waals surface area contributed by atoms with Crippen LogP contribution < -0.4 is 5.32 Å². The summed E-state index contributed by atoms with van der Waals surface area (Å²) in [6, 6.07) is 6.54. The Balaban J connectivity index is 1.95. The standard InChI is InChI=1S/C13H16F3NOS/c14-13(15,16)19-12-4-2-1-3-11(12)17-9-10-5-7-18-8-6-10/h1-4,10,17H,5-9H2. The maximum atomic E-state index is 12.4. The van der Waals surface area contributed by atoms with Crippen molar-refractivity contribution >= 4 is 17.4 Å². The van der Waals surface area contributed by atoms with E-state index in [4.69, 9.17) is 4.74 Å². The van der Waals surface area contributed by atoms with Crippen LogP contribution in [0.5, 0.6) is 0 Å². The van der Waals surface area contributed by atoms with Gasteiger partial charge in [0.25, 0.3) is 0 Å². The van der Waals surface area contributed by atoms with Crippen LogP contribution in [-0.4, -0.2) is 25.3 Å². The zero-order valence-corrected chi connectivity index (χ0v) is 11.2. The Morgan fingerprint density at radius 1 is 1.21 bits per heavy atom. The largest absolute Gasteiger partial charge is 0.446 e. The highest BCUT2D eigenvalue weighted by Gasteiger charge is 2.30. The van der Waals surface area contributed by atoms with Crippen molar-refractivity contribution in [2.75, 3.05) is 25.1 Å². The SMILES string of the molecule is FC(F)(F)Sc1ccccc1NCC1CCOCC1. The normalized spacial score (nSPS) is 17.4. The fraction of sp³-hybridized carbons (Fsp3) is 0.538. The Bertz CT molecular complexity index is 405. The van der Waals surface area contributed by atoms with E-state index in [1.807, 2.05) is 0 Å². The van der Waals surface area contributed by atoms with Gasteiger partial charge in [-0.25, -0.2) is 0 Å². The van der Waals surface area contributed by atoms with Gasteiger partial charge in [0.05, 0.1) is 0 Å². The molecule has 1 aliphatic rings. The molecule has 0 bridgehead atoms. The fourth-order valence-corrected chi connectivity index (χ4v) is 2.68. The Kier molecular flexibility index (Phi) is 4.99. The van der Waals surface area contributed by atoms with Crippen LogP contribution in [0.25, 0.3) is 0 Å². The topological polar surface area (TPSA) is 21.3 Å². The van der Waals surface area contributed by atoms with Crippen molar-refractivity contribution < 1.29 is 17.9 Å². The average molecular weight is 291 g/mol. The lowest BCUT2D eigenvalue weighted by Crippen LogP contribution is -2.22. The van der Waals surface area contributed by atoms with Crippen molar-refractivity contribution in [2.45, 2.75) is 23.2 Å². The molecule has 1 aliphatic heterocycles. The number of nitrogens with one attached hydrogen (secondary N) is 1. The number of alkyl halides is 3. The minimum atomic E-state index is -4.25. The second-order valence-corrected chi connectivity index (χ2v) is 5.59. The van der Waals surface area contributed by atoms with E-state index in [9.17, 15) is 13.2 Å². The molecule has 0 unspecified atom stereocenters. The summed E-state index contributed by atoms with van der Waals surface area (Å²) >= 11 is -0.0732. The van der Waals surface area contributed by atoms with Crippen molar-refractivity contribution in [1.82, 2.24) is 0 Å². The van der Waals surface area contributed by atoms with Crippen LogP contribution in [0.2, 0.25) is 0 Å². The number of thioether (sulfide) groups is 1. The molecule has 1 saturated heterocycles. The molecule has 0 amide bonds. The highest BCUT2D eigenvalue weighted by molar-refractivity contribution is 8.00. The molecule has 0 aliphatic carbocycles. The lowest BCUT2D eigenvalue weighted by atomic mass is 10.0. The fourth-order valence-electron chi connectivity index (χ4n) is 2.03. The van der Waals surface area contributed by atoms with Crippen molar-refractivity contribution in [3.8, 4) is 0 Å². The summed E-state index contributed by atoms with van der Waals surface area (Å²) in [5.74, 6) is 0.470. The van der Waals surface area contributed by atoms with Crippen LogP contribution in [0.15, 0.2) is 29.2 Å². The molecule has 1 N–H and O–H groups in total. The van der Waals surface area contributed by atoms with Crippen molar-refractivity contribution in [3.05, 3.63) is 24.3 Å². The number of rotatable bonds is 4. The monoisotopic (exact) mass is 291 g/mol. The minimum Gasteiger partial charge on any atom is -0.384 e. The van der Waals surface area contributed by atoms with Crippen LogP contribution in [0, 0.1) is 5.92 Å². The molecule has 19 heavy (non-hydrogen) atoms. The highest BCUT2D eigenvalue weighted by atomic mass is 32.2. The van der Waals surface area contributed by atoms with Crippen molar-refractivity contribution in [3.63, 3.8) is 0 Å². The molecule has 2 nitrogen and oxygen atoms in total. The molecule has 1 aromatic rings. The number of hydrogen-bond donors (Lipinski definition) is 1. The predicted octanol–water partition coefficient (Wildman–Crippen LogP) is 4.14. The third-order valence-corrected chi connectivity index (χ3v) is 3.84. The van der Waals surface area contributed by atoms with Crippen LogP contribution in [0.1, 0.15) is 12.8 Å². The average Bonchev–Trinajstić information content (AvgIpc) is 2.37. The summed E-state index contributed by atoms with van der Waals surface area (Å²) in [6.45, 7) is 2.18. The Morgan fingerprint density at radius 3 is 2.58 bits per heavy atom. The molecular formula is C13H16F3NOS. The predicted molar refractivity (Wildman–Crippen MR) is 70.4 cm³/mol. The van der Waals surface area contributed by atoms with E-state index in [-0.39, 0.29) is 16.7 Å². The van der Waals surface area contributed by atoms with Crippen LogP contribution in [-0.2, 0) is 4.74 Å². The lowest BCUT2D eigenvalue weighted by molar-refractivity contribution is -0.0327. The first-order valence-corrected chi connectivity index (χ1v) is 7.02. The second kappa shape index (κ2) is 6.52. The first-order valence-electron chi connectivity index (χ1n) is 6.21. The third-order valence-electron chi connectivity index (χ3n) is 3.03. The third kappa shape index (κ3) is 4.95. The van der Waals surface area contributed by atoms with E-state index in [1.165, 1.54) is 6.07 Å². The van der Waals surface area contributed by atoms with Gasteiger partial charge in [-0.15, -0.1) is 0 Å². The van der Waals surface area contributed by atoms with Gasteiger partial charge in [-0.05, 0) is 42.7 Å². The molecule has 2 rings (SSSR count). The minimum absolute atomic E-state index is 0.0732. The first kappa shape index (κ1) is 14.5. The van der Waals surface area contributed by atoms with E-state index in [2.05, 4.69) is 5.32 Å². The van der Waals surface area contributed by atoms with Gasteiger partial charge in [0.15, 0.2) is 0 Å². The molecule has 0 aromatic heterocycles. The molecule has 0 radical (unpaired) electrons. The Labute approximate surface area is 114 Å². The maximum Gasteiger partial charge on any atom is 0.446 e. The maximum absolute atomic E-state index is 12.4. The number of benzene rings is 1. The number of para-hydroxylation sites is 1. The van der Waals surface area contributed by atoms with Crippen molar-refractivity contribution in [2.24, 2.45) is 5.92 Å². The van der Waals surface area contributed by atoms with E-state index < -0.39 is 5.51 Å². The Hall–Kier alpha value is -0.880. The van der Waals surface area contributed by atoms with Gasteiger partial charge in [0.2, 0.25) is 0 Å². The number of anilines is 1. The van der Waals surface area contributed by atoms with E-state index in [1.54, 1.807) is 18.2 Å². The van der Waals surface area contributed by atoms with Gasteiger partial charge >= 0.3 is 5.51 Å². The first-order chi connectivity index (χ1) is 9.04. The smallest absolute Gasteiger partial charge is 0.384 e. The summed E-state index contributed by atoms with van der Waals surface area (Å²) in [4.78, 5) is 0.224. The zero-order chi connectivity index (χ0) is 13.7. The molecular weight excluding hydrogens is 275 g/mol. The van der Waals surface area contributed by atoms with E-state index in [0.29, 0.717) is 18.2 Å². The molecule has 0 atom stereocenters. The molecule has 1 heterocycles. The molecule has 0 saturated carbocycles. The van der Waals surface area contributed by atoms with Gasteiger partial charge in [-0.1, -0.05) is 12.1 Å². The molecule has 106 valence electrons. The van der Waals surface area contributed by atoms with E-state index in [0.717, 1.165) is 26.1 Å². The van der Waals surface area contributed by atoms with Gasteiger partial charge in [-0.2, -0.15) is 13.2 Å². The molecule has 0 spiro atoms. The summed E-state index contributed by atoms with van der Waals surface area (Å²) in [6.07, 6.45) is 1.92. The molecule has 6 heteroatoms. The van der Waals surface area contributed by atoms with Crippen molar-refractivity contribution in [1.29, 1.82) is 0 Å². The van der Waals surface area contributed by atoms with Crippen LogP contribution >= 0.6 is 11.8 Å². The summed E-state index contributed by atoms with van der Waals surface area (Å²) in [5, 5.41) is 3.13. The lowest BCUT2D eigenvalue weighted by Gasteiger charge is -2.23. The van der Waals surface area contributed by atoms with Crippen LogP contribution in [0.4, 0.5) is 18.9 Å². The van der Waals surface area contributed by atoms with Gasteiger partial charge in [0.1, 0.15) is 0 Å². The molecule has 1 fully saturated rings. The highest BCUT2D eigenvalue weighted by Crippen LogP contribution is 2.40. The summed E-state index contributed by atoms with van der Waals surface area (Å²) in [5.41, 5.74) is -3.70. The zero-order valence-electron chi connectivity index (χ0n) is 10.4. The number of hydrogen-bond acceptors (Lipinski definition) is 3. The van der Waals surface area contributed by atoms with Gasteiger partial charge in [-0.3, -0.25) is 0 Å². The second-order valence-electron chi connectivity index (χ2n) is 4.48. The van der Waals surface area contributed by atoms with Gasteiger partial charge in [0, 0.05) is 30.3 Å². The number of ether oxygens (including phenoxy) is 1. The summed E-state index contributed by atoms with van der Waals surface area (Å²) < 4.78 is 42.6. The van der Waals surface area contributed by atoms with Gasteiger partial charge < -0.3 is 10.1 Å². The van der Waals surface area contributed by atoms with Crippen LogP contribution in [0.3, 0.4) is 0 Å². The number of halogens is 3. The molecule has 1 aromatic carbocycles. The summed E-state index contributed by atoms with van der Waals surface area (Å²) in [7, 11) is 0. The Morgan fingerprint density at radius 2 is 1.89 bits per heavy atom. The quantitative estimate of drug-likeness (QED) is 0.843. The van der Waals surface area contributed by atoms with E-state index >= 15 is 0 Å².